The van der Waals surface area contributed by atoms with Gasteiger partial charge in [0.1, 0.15) is 5.82 Å². The van der Waals surface area contributed by atoms with Crippen molar-refractivity contribution in [2.45, 2.75) is 25.2 Å². The lowest BCUT2D eigenvalue weighted by molar-refractivity contribution is -0.386. The monoisotopic (exact) mass is 448 g/mol. The summed E-state index contributed by atoms with van der Waals surface area (Å²) < 4.78 is 6.54. The van der Waals surface area contributed by atoms with Crippen LogP contribution in [0, 0.1) is 10.1 Å². The van der Waals surface area contributed by atoms with Gasteiger partial charge in [0.05, 0.1) is 23.3 Å². The van der Waals surface area contributed by atoms with Crippen molar-refractivity contribution in [1.82, 2.24) is 9.78 Å². The molecule has 10 heteroatoms. The fraction of sp³-hybridized carbons (Fsp3) is 0.217. The zero-order chi connectivity index (χ0) is 23.3. The standard InChI is InChI=1S/C23H20N4O6/c1-33-17-11-12(10-15(21(17)29)27(31)32)18-19-14(8-5-9-16(19)28)24-22-20(18)23(30)26(25-22)13-6-3-2-4-7-13/h2-4,6-7,10-11,18,24-25,29H,5,8-9H2,1H3. The molecule has 1 unspecified atom stereocenters. The van der Waals surface area contributed by atoms with Crippen molar-refractivity contribution in [3.8, 4) is 17.2 Å². The first-order valence-corrected chi connectivity index (χ1v) is 10.4. The summed E-state index contributed by atoms with van der Waals surface area (Å²) in [5, 5.41) is 28.1. The number of nitrogens with zero attached hydrogens (tertiary/aromatic N) is 2. The molecule has 0 spiro atoms. The van der Waals surface area contributed by atoms with Gasteiger partial charge in [0.25, 0.3) is 5.56 Å². The van der Waals surface area contributed by atoms with Gasteiger partial charge in [0, 0.05) is 29.7 Å². The molecule has 0 amide bonds. The van der Waals surface area contributed by atoms with Crippen LogP contribution in [0.3, 0.4) is 0 Å². The van der Waals surface area contributed by atoms with E-state index in [2.05, 4.69) is 10.4 Å². The Hall–Kier alpha value is -4.34. The fourth-order valence-corrected chi connectivity index (χ4v) is 4.60. The predicted octanol–water partition coefficient (Wildman–Crippen LogP) is 3.35. The van der Waals surface area contributed by atoms with Crippen LogP contribution in [-0.4, -0.2) is 32.7 Å². The second kappa shape index (κ2) is 7.66. The summed E-state index contributed by atoms with van der Waals surface area (Å²) in [4.78, 5) is 37.5. The molecule has 33 heavy (non-hydrogen) atoms. The number of para-hydroxylation sites is 1. The zero-order valence-electron chi connectivity index (χ0n) is 17.6. The molecule has 0 saturated carbocycles. The van der Waals surface area contributed by atoms with Crippen LogP contribution in [0.2, 0.25) is 0 Å². The number of benzene rings is 2. The lowest BCUT2D eigenvalue weighted by atomic mass is 9.76. The van der Waals surface area contributed by atoms with Crippen molar-refractivity contribution >= 4 is 17.3 Å². The number of anilines is 1. The molecule has 3 N–H and O–H groups in total. The molecule has 2 heterocycles. The number of fused-ring (bicyclic) bond motifs is 1. The minimum atomic E-state index is -0.856. The number of phenolic OH excluding ortho intramolecular Hbond substituents is 1. The van der Waals surface area contributed by atoms with E-state index in [0.29, 0.717) is 47.6 Å². The number of aromatic amines is 1. The van der Waals surface area contributed by atoms with Gasteiger partial charge in [-0.1, -0.05) is 18.2 Å². The number of nitro benzene ring substituents is 1. The summed E-state index contributed by atoms with van der Waals surface area (Å²) in [5.41, 5.74) is 1.35. The first-order chi connectivity index (χ1) is 15.9. The SMILES string of the molecule is COc1cc(C2C3=C(CCCC3=O)Nc3[nH]n(-c4ccccc4)c(=O)c32)cc([N+](=O)[O-])c1O. The molecule has 0 saturated heterocycles. The van der Waals surface area contributed by atoms with E-state index in [1.807, 2.05) is 6.07 Å². The number of nitro groups is 1. The van der Waals surface area contributed by atoms with E-state index in [1.54, 1.807) is 24.3 Å². The third-order valence-corrected chi connectivity index (χ3v) is 6.08. The van der Waals surface area contributed by atoms with Crippen molar-refractivity contribution in [2.75, 3.05) is 12.4 Å². The number of aromatic nitrogens is 2. The van der Waals surface area contributed by atoms with E-state index in [0.717, 1.165) is 0 Å². The van der Waals surface area contributed by atoms with Crippen LogP contribution in [0.4, 0.5) is 11.5 Å². The molecule has 1 aromatic heterocycles. The molecular weight excluding hydrogens is 428 g/mol. The van der Waals surface area contributed by atoms with Crippen LogP contribution < -0.4 is 15.6 Å². The molecule has 2 aliphatic rings. The molecule has 168 valence electrons. The Morgan fingerprint density at radius 3 is 2.64 bits per heavy atom. The highest BCUT2D eigenvalue weighted by Crippen LogP contribution is 2.47. The molecule has 0 fully saturated rings. The quantitative estimate of drug-likeness (QED) is 0.411. The lowest BCUT2D eigenvalue weighted by Gasteiger charge is -2.31. The highest BCUT2D eigenvalue weighted by Gasteiger charge is 2.40. The Kier molecular flexibility index (Phi) is 4.77. The van der Waals surface area contributed by atoms with Crippen molar-refractivity contribution in [1.29, 1.82) is 0 Å². The highest BCUT2D eigenvalue weighted by molar-refractivity contribution is 6.01. The van der Waals surface area contributed by atoms with Crippen LogP contribution in [-0.2, 0) is 4.79 Å². The van der Waals surface area contributed by atoms with Gasteiger partial charge in [-0.3, -0.25) is 24.8 Å². The van der Waals surface area contributed by atoms with Crippen molar-refractivity contribution in [2.24, 2.45) is 0 Å². The van der Waals surface area contributed by atoms with Crippen molar-refractivity contribution in [3.05, 3.63) is 85.3 Å². The molecule has 1 atom stereocenters. The van der Waals surface area contributed by atoms with Gasteiger partial charge in [-0.15, -0.1) is 0 Å². The first kappa shape index (κ1) is 20.6. The summed E-state index contributed by atoms with van der Waals surface area (Å²) >= 11 is 0. The number of carbonyl (C=O) groups excluding carboxylic acids is 1. The molecule has 1 aliphatic heterocycles. The maximum absolute atomic E-state index is 13.6. The van der Waals surface area contributed by atoms with Gasteiger partial charge in [-0.25, -0.2) is 4.68 Å². The Labute approximate surface area is 187 Å². The van der Waals surface area contributed by atoms with Gasteiger partial charge < -0.3 is 15.2 Å². The number of rotatable bonds is 4. The summed E-state index contributed by atoms with van der Waals surface area (Å²) in [7, 11) is 1.28. The van der Waals surface area contributed by atoms with Gasteiger partial charge in [0.2, 0.25) is 5.75 Å². The zero-order valence-corrected chi connectivity index (χ0v) is 17.6. The molecular formula is C23H20N4O6. The number of phenols is 1. The smallest absolute Gasteiger partial charge is 0.314 e. The third-order valence-electron chi connectivity index (χ3n) is 6.08. The Morgan fingerprint density at radius 2 is 1.94 bits per heavy atom. The lowest BCUT2D eigenvalue weighted by Crippen LogP contribution is -2.30. The van der Waals surface area contributed by atoms with E-state index in [1.165, 1.54) is 23.9 Å². The Balaban J connectivity index is 1.79. The summed E-state index contributed by atoms with van der Waals surface area (Å²) in [5.74, 6) is -1.27. The molecule has 0 radical (unpaired) electrons. The Morgan fingerprint density at radius 1 is 1.18 bits per heavy atom. The maximum Gasteiger partial charge on any atom is 0.314 e. The van der Waals surface area contributed by atoms with E-state index < -0.39 is 22.3 Å². The number of nitrogens with one attached hydrogen (secondary N) is 2. The first-order valence-electron chi connectivity index (χ1n) is 10.4. The number of ketones is 1. The largest absolute Gasteiger partial charge is 0.500 e. The number of H-pyrrole nitrogens is 1. The average Bonchev–Trinajstić information content (AvgIpc) is 3.14. The molecule has 0 bridgehead atoms. The molecule has 1 aliphatic carbocycles. The van der Waals surface area contributed by atoms with E-state index in [4.69, 9.17) is 4.74 Å². The van der Waals surface area contributed by atoms with Crippen LogP contribution in [0.25, 0.3) is 5.69 Å². The molecule has 5 rings (SSSR count). The van der Waals surface area contributed by atoms with E-state index in [-0.39, 0.29) is 22.7 Å². The average molecular weight is 448 g/mol. The van der Waals surface area contributed by atoms with E-state index in [9.17, 15) is 24.8 Å². The number of methoxy groups -OCH3 is 1. The maximum atomic E-state index is 13.6. The van der Waals surface area contributed by atoms with Crippen LogP contribution in [0.5, 0.6) is 11.5 Å². The minimum absolute atomic E-state index is 0.108. The normalized spacial score (nSPS) is 17.2. The minimum Gasteiger partial charge on any atom is -0.500 e. The third kappa shape index (κ3) is 3.18. The number of allylic oxidation sites excluding steroid dienone is 2. The molecule has 10 nitrogen and oxygen atoms in total. The topological polar surface area (TPSA) is 139 Å². The number of hydrogen-bond acceptors (Lipinski definition) is 7. The van der Waals surface area contributed by atoms with Crippen molar-refractivity contribution < 1.29 is 19.6 Å². The number of carbonyl (C=O) groups is 1. The van der Waals surface area contributed by atoms with Gasteiger partial charge in [0.15, 0.2) is 11.5 Å². The highest BCUT2D eigenvalue weighted by atomic mass is 16.6. The summed E-state index contributed by atoms with van der Waals surface area (Å²) in [6, 6.07) is 11.6. The number of hydrogen-bond donors (Lipinski definition) is 3. The number of ether oxygens (including phenoxy) is 1. The summed E-state index contributed by atoms with van der Waals surface area (Å²) in [6.45, 7) is 0. The second-order valence-corrected chi connectivity index (χ2v) is 7.95. The van der Waals surface area contributed by atoms with Crippen LogP contribution in [0.1, 0.15) is 36.3 Å². The molecule has 3 aromatic rings. The molecule has 2 aromatic carbocycles. The van der Waals surface area contributed by atoms with Gasteiger partial charge in [-0.05, 0) is 36.6 Å². The predicted molar refractivity (Wildman–Crippen MR) is 119 cm³/mol. The number of Topliss-reactive ketones (excluding diaryl/α,β-unsaturated/α-hetero) is 1. The number of aromatic hydroxyl groups is 1. The van der Waals surface area contributed by atoms with Gasteiger partial charge >= 0.3 is 5.69 Å². The second-order valence-electron chi connectivity index (χ2n) is 7.95. The van der Waals surface area contributed by atoms with Crippen molar-refractivity contribution in [3.63, 3.8) is 0 Å². The Bertz CT molecular complexity index is 1390. The van der Waals surface area contributed by atoms with Crippen LogP contribution >= 0.6 is 0 Å². The fourth-order valence-electron chi connectivity index (χ4n) is 4.60. The van der Waals surface area contributed by atoms with Crippen LogP contribution in [0.15, 0.2) is 58.5 Å². The van der Waals surface area contributed by atoms with E-state index >= 15 is 0 Å². The summed E-state index contributed by atoms with van der Waals surface area (Å²) in [6.07, 6.45) is 1.59. The van der Waals surface area contributed by atoms with Gasteiger partial charge in [-0.2, -0.15) is 0 Å².